The van der Waals surface area contributed by atoms with Crippen LogP contribution in [0.2, 0.25) is 5.02 Å². The minimum absolute atomic E-state index is 0.0324. The lowest BCUT2D eigenvalue weighted by atomic mass is 10.2. The van der Waals surface area contributed by atoms with E-state index in [2.05, 4.69) is 32.0 Å². The molecule has 0 aliphatic carbocycles. The number of hydrogen-bond donors (Lipinski definition) is 2. The second-order valence-electron chi connectivity index (χ2n) is 4.43. The van der Waals surface area contributed by atoms with Crippen molar-refractivity contribution in [2.24, 2.45) is 5.73 Å². The fraction of sp³-hybridized carbons (Fsp3) is 0.133. The van der Waals surface area contributed by atoms with Gasteiger partial charge in [-0.25, -0.2) is 0 Å². The van der Waals surface area contributed by atoms with E-state index in [1.807, 2.05) is 12.1 Å². The van der Waals surface area contributed by atoms with Crippen LogP contribution >= 0.6 is 23.4 Å². The Hall–Kier alpha value is -1.45. The molecule has 2 rings (SSSR count). The number of benzene rings is 2. The molecule has 0 amide bonds. The van der Waals surface area contributed by atoms with E-state index in [4.69, 9.17) is 22.7 Å². The molecule has 0 spiro atoms. The zero-order chi connectivity index (χ0) is 14.0. The lowest BCUT2D eigenvalue weighted by Crippen LogP contribution is -2.10. The van der Waals surface area contributed by atoms with Gasteiger partial charge in [-0.15, -0.1) is 0 Å². The van der Waals surface area contributed by atoms with Crippen molar-refractivity contribution in [1.82, 2.24) is 0 Å². The van der Waals surface area contributed by atoms with Crippen LogP contribution in [0.1, 0.15) is 16.7 Å². The number of nitrogens with two attached hydrogens (primary N) is 1. The highest BCUT2D eigenvalue weighted by Crippen LogP contribution is 2.35. The van der Waals surface area contributed by atoms with Crippen LogP contribution in [-0.4, -0.2) is 5.84 Å². The molecule has 0 aromatic heterocycles. The molecule has 0 heterocycles. The van der Waals surface area contributed by atoms with Gasteiger partial charge < -0.3 is 5.73 Å². The van der Waals surface area contributed by atoms with E-state index < -0.39 is 0 Å². The Balaban J connectivity index is 2.31. The van der Waals surface area contributed by atoms with Crippen molar-refractivity contribution in [1.29, 1.82) is 5.41 Å². The van der Waals surface area contributed by atoms with Crippen LogP contribution in [0.15, 0.2) is 46.2 Å². The van der Waals surface area contributed by atoms with Crippen molar-refractivity contribution in [3.05, 3.63) is 58.1 Å². The van der Waals surface area contributed by atoms with E-state index in [9.17, 15) is 0 Å². The molecule has 0 aliphatic rings. The SMILES string of the molecule is Cc1ccc(Sc2ccc(C(=N)N)cc2Cl)c(C)c1. The fourth-order valence-electron chi connectivity index (χ4n) is 1.78. The van der Waals surface area contributed by atoms with Gasteiger partial charge in [0.15, 0.2) is 0 Å². The Morgan fingerprint density at radius 2 is 1.79 bits per heavy atom. The summed E-state index contributed by atoms with van der Waals surface area (Å²) in [6, 6.07) is 11.8. The van der Waals surface area contributed by atoms with Gasteiger partial charge in [0.2, 0.25) is 0 Å². The summed E-state index contributed by atoms with van der Waals surface area (Å²) in [7, 11) is 0. The van der Waals surface area contributed by atoms with Gasteiger partial charge in [-0.05, 0) is 37.6 Å². The second kappa shape index (κ2) is 5.68. The smallest absolute Gasteiger partial charge is 0.122 e. The van der Waals surface area contributed by atoms with E-state index in [1.165, 1.54) is 16.0 Å². The predicted molar refractivity (Wildman–Crippen MR) is 82.5 cm³/mol. The molecule has 0 unspecified atom stereocenters. The van der Waals surface area contributed by atoms with Gasteiger partial charge in [0.05, 0.1) is 5.02 Å². The van der Waals surface area contributed by atoms with Crippen molar-refractivity contribution in [2.45, 2.75) is 23.6 Å². The minimum Gasteiger partial charge on any atom is -0.384 e. The normalized spacial score (nSPS) is 10.5. The van der Waals surface area contributed by atoms with Crippen LogP contribution < -0.4 is 5.73 Å². The average molecular weight is 291 g/mol. The van der Waals surface area contributed by atoms with Crippen molar-refractivity contribution in [2.75, 3.05) is 0 Å². The van der Waals surface area contributed by atoms with Crippen molar-refractivity contribution >= 4 is 29.2 Å². The number of halogens is 1. The highest BCUT2D eigenvalue weighted by Gasteiger charge is 2.07. The molecule has 19 heavy (non-hydrogen) atoms. The van der Waals surface area contributed by atoms with E-state index in [0.717, 1.165) is 4.90 Å². The Bertz CT molecular complexity index is 638. The largest absolute Gasteiger partial charge is 0.384 e. The van der Waals surface area contributed by atoms with Crippen molar-refractivity contribution in [3.8, 4) is 0 Å². The summed E-state index contributed by atoms with van der Waals surface area (Å²) in [6.07, 6.45) is 0. The molecule has 98 valence electrons. The van der Waals surface area contributed by atoms with Gasteiger partial charge in [-0.3, -0.25) is 5.41 Å². The minimum atomic E-state index is 0.0324. The first-order valence-electron chi connectivity index (χ1n) is 5.86. The van der Waals surface area contributed by atoms with Crippen LogP contribution in [0.25, 0.3) is 0 Å². The van der Waals surface area contributed by atoms with Gasteiger partial charge in [0, 0.05) is 15.4 Å². The number of amidine groups is 1. The van der Waals surface area contributed by atoms with Crippen LogP contribution in [0, 0.1) is 19.3 Å². The molecule has 0 saturated carbocycles. The molecule has 0 radical (unpaired) electrons. The predicted octanol–water partition coefficient (Wildman–Crippen LogP) is 4.39. The second-order valence-corrected chi connectivity index (χ2v) is 5.92. The Morgan fingerprint density at radius 3 is 2.37 bits per heavy atom. The first-order chi connectivity index (χ1) is 8.97. The van der Waals surface area contributed by atoms with Gasteiger partial charge >= 0.3 is 0 Å². The van der Waals surface area contributed by atoms with Gasteiger partial charge in [-0.2, -0.15) is 0 Å². The molecular formula is C15H15ClN2S. The molecule has 4 heteroatoms. The zero-order valence-corrected chi connectivity index (χ0v) is 12.4. The van der Waals surface area contributed by atoms with Crippen LogP contribution in [0.5, 0.6) is 0 Å². The van der Waals surface area contributed by atoms with E-state index in [-0.39, 0.29) is 5.84 Å². The molecule has 0 atom stereocenters. The number of nitrogens with one attached hydrogen (secondary N) is 1. The molecule has 0 fully saturated rings. The third kappa shape index (κ3) is 3.31. The lowest BCUT2D eigenvalue weighted by Gasteiger charge is -2.09. The van der Waals surface area contributed by atoms with Crippen LogP contribution in [0.4, 0.5) is 0 Å². The van der Waals surface area contributed by atoms with Crippen molar-refractivity contribution in [3.63, 3.8) is 0 Å². The lowest BCUT2D eigenvalue weighted by molar-refractivity contribution is 1.26. The first kappa shape index (κ1) is 14.0. The van der Waals surface area contributed by atoms with Gasteiger partial charge in [0.1, 0.15) is 5.84 Å². The Morgan fingerprint density at radius 1 is 1.11 bits per heavy atom. The molecular weight excluding hydrogens is 276 g/mol. The van der Waals surface area contributed by atoms with Crippen LogP contribution in [-0.2, 0) is 0 Å². The number of aryl methyl sites for hydroxylation is 2. The Kier molecular flexibility index (Phi) is 4.17. The molecule has 2 aromatic carbocycles. The number of rotatable bonds is 3. The third-order valence-electron chi connectivity index (χ3n) is 2.79. The Labute approximate surface area is 122 Å². The quantitative estimate of drug-likeness (QED) is 0.650. The van der Waals surface area contributed by atoms with Gasteiger partial charge in [-0.1, -0.05) is 47.1 Å². The summed E-state index contributed by atoms with van der Waals surface area (Å²) in [4.78, 5) is 2.15. The summed E-state index contributed by atoms with van der Waals surface area (Å²) >= 11 is 7.86. The maximum atomic E-state index is 7.39. The standard InChI is InChI=1S/C15H15ClN2S/c1-9-3-5-13(10(2)7-9)19-14-6-4-11(15(17)18)8-12(14)16/h3-8H,1-2H3,(H3,17,18). The summed E-state index contributed by atoms with van der Waals surface area (Å²) in [5, 5.41) is 8.02. The van der Waals surface area contributed by atoms with Crippen molar-refractivity contribution < 1.29 is 0 Å². The highest BCUT2D eigenvalue weighted by molar-refractivity contribution is 7.99. The average Bonchev–Trinajstić information content (AvgIpc) is 2.34. The third-order valence-corrected chi connectivity index (χ3v) is 4.47. The zero-order valence-electron chi connectivity index (χ0n) is 10.8. The topological polar surface area (TPSA) is 49.9 Å². The summed E-state index contributed by atoms with van der Waals surface area (Å²) in [6.45, 7) is 4.17. The molecule has 0 saturated heterocycles. The molecule has 2 aromatic rings. The first-order valence-corrected chi connectivity index (χ1v) is 7.06. The highest BCUT2D eigenvalue weighted by atomic mass is 35.5. The monoisotopic (exact) mass is 290 g/mol. The van der Waals surface area contributed by atoms with E-state index >= 15 is 0 Å². The molecule has 3 N–H and O–H groups in total. The maximum Gasteiger partial charge on any atom is 0.122 e. The molecule has 0 aliphatic heterocycles. The van der Waals surface area contributed by atoms with Gasteiger partial charge in [0.25, 0.3) is 0 Å². The molecule has 2 nitrogen and oxygen atoms in total. The van der Waals surface area contributed by atoms with Crippen LogP contribution in [0.3, 0.4) is 0 Å². The number of hydrogen-bond acceptors (Lipinski definition) is 2. The summed E-state index contributed by atoms with van der Waals surface area (Å²) in [5.41, 5.74) is 8.57. The summed E-state index contributed by atoms with van der Waals surface area (Å²) < 4.78 is 0. The summed E-state index contributed by atoms with van der Waals surface area (Å²) in [5.74, 6) is 0.0324. The number of nitrogen functional groups attached to an aromatic ring is 1. The maximum absolute atomic E-state index is 7.39. The van der Waals surface area contributed by atoms with E-state index in [1.54, 1.807) is 17.8 Å². The molecule has 0 bridgehead atoms. The van der Waals surface area contributed by atoms with E-state index in [0.29, 0.717) is 10.6 Å². The fourth-order valence-corrected chi connectivity index (χ4v) is 2.97.